The summed E-state index contributed by atoms with van der Waals surface area (Å²) in [6.45, 7) is 2.19. The second-order valence-corrected chi connectivity index (χ2v) is 5.89. The third-order valence-corrected chi connectivity index (χ3v) is 3.66. The Bertz CT molecular complexity index is 363. The van der Waals surface area contributed by atoms with Crippen LogP contribution < -0.4 is 62.2 Å². The number of aliphatic carboxylic acids is 1. The van der Waals surface area contributed by atoms with Gasteiger partial charge in [0.1, 0.15) is 6.04 Å². The maximum atomic E-state index is 11.5. The van der Waals surface area contributed by atoms with E-state index >= 15 is 0 Å². The summed E-state index contributed by atoms with van der Waals surface area (Å²) >= 11 is 0. The van der Waals surface area contributed by atoms with Crippen LogP contribution in [0.5, 0.6) is 0 Å². The molecule has 0 rings (SSSR count). The van der Waals surface area contributed by atoms with Gasteiger partial charge in [-0.05, 0) is 19.3 Å². The quantitative estimate of drug-likeness (QED) is 0.179. The van der Waals surface area contributed by atoms with Crippen molar-refractivity contribution in [3.05, 3.63) is 0 Å². The normalized spacial score (nSPS) is 11.4. The van der Waals surface area contributed by atoms with Gasteiger partial charge >= 0.3 is 63.3 Å². The molecule has 0 aliphatic rings. The minimum absolute atomic E-state index is 0. The maximum absolute atomic E-state index is 11.5. The van der Waals surface area contributed by atoms with E-state index in [2.05, 4.69) is 11.7 Å². The summed E-state index contributed by atoms with van der Waals surface area (Å²) in [5.41, 5.74) is 5.44. The standard InChI is InChI=1S/C17H31NO5.K/c1-2-3-4-5-6-7-8-9-10-11-16(21)23-17(22)14(18)12-13-15(19)20;/h14H,2-13,18H2,1H3,(H,19,20);/q;+1/p-1/t14-;/m0./s1. The largest absolute Gasteiger partial charge is 1.00 e. The van der Waals surface area contributed by atoms with E-state index in [0.717, 1.165) is 12.8 Å². The number of unbranched alkanes of at least 4 members (excludes halogenated alkanes) is 8. The smallest absolute Gasteiger partial charge is 0.550 e. The van der Waals surface area contributed by atoms with Crippen LogP contribution in [0.1, 0.15) is 84.0 Å². The van der Waals surface area contributed by atoms with E-state index in [9.17, 15) is 19.5 Å². The molecule has 7 heteroatoms. The maximum Gasteiger partial charge on any atom is 1.00 e. The molecule has 0 aliphatic heterocycles. The van der Waals surface area contributed by atoms with Crippen molar-refractivity contribution in [2.45, 2.75) is 90.0 Å². The Morgan fingerprint density at radius 1 is 0.917 bits per heavy atom. The molecular formula is C17H30KNO5. The number of hydrogen-bond donors (Lipinski definition) is 1. The molecule has 1 atom stereocenters. The van der Waals surface area contributed by atoms with Crippen molar-refractivity contribution in [3.63, 3.8) is 0 Å². The van der Waals surface area contributed by atoms with E-state index < -0.39 is 23.9 Å². The molecule has 0 amide bonds. The first-order valence-electron chi connectivity index (χ1n) is 8.67. The van der Waals surface area contributed by atoms with E-state index in [1.165, 1.54) is 38.5 Å². The van der Waals surface area contributed by atoms with Gasteiger partial charge in [0.2, 0.25) is 0 Å². The second kappa shape index (κ2) is 18.0. The van der Waals surface area contributed by atoms with Gasteiger partial charge in [-0.1, -0.05) is 58.3 Å². The predicted octanol–water partition coefficient (Wildman–Crippen LogP) is -1.16. The van der Waals surface area contributed by atoms with Crippen LogP contribution in [-0.4, -0.2) is 23.9 Å². The summed E-state index contributed by atoms with van der Waals surface area (Å²) in [6, 6.07) is -1.10. The zero-order chi connectivity index (χ0) is 17.5. The van der Waals surface area contributed by atoms with Crippen molar-refractivity contribution in [1.29, 1.82) is 0 Å². The number of rotatable bonds is 14. The van der Waals surface area contributed by atoms with Gasteiger partial charge in [0.05, 0.1) is 0 Å². The number of carboxylic acids is 1. The Morgan fingerprint density at radius 2 is 1.42 bits per heavy atom. The van der Waals surface area contributed by atoms with Crippen molar-refractivity contribution in [2.75, 3.05) is 0 Å². The van der Waals surface area contributed by atoms with Crippen molar-refractivity contribution in [2.24, 2.45) is 5.73 Å². The fraction of sp³-hybridized carbons (Fsp3) is 0.824. The topological polar surface area (TPSA) is 110 Å². The van der Waals surface area contributed by atoms with Crippen LogP contribution in [0.2, 0.25) is 0 Å². The minimum atomic E-state index is -1.28. The van der Waals surface area contributed by atoms with Gasteiger partial charge in [-0.3, -0.25) is 4.79 Å². The molecular weight excluding hydrogens is 337 g/mol. The third kappa shape index (κ3) is 17.0. The molecule has 0 spiro atoms. The van der Waals surface area contributed by atoms with Crippen molar-refractivity contribution in [3.8, 4) is 0 Å². The summed E-state index contributed by atoms with van der Waals surface area (Å²) < 4.78 is 4.60. The van der Waals surface area contributed by atoms with Crippen LogP contribution in [0, 0.1) is 0 Å². The van der Waals surface area contributed by atoms with E-state index in [1.807, 2.05) is 0 Å². The SMILES string of the molecule is CCCCCCCCCCCC(=O)OC(=O)[C@@H](N)CCC(=O)[O-].[K+]. The average Bonchev–Trinajstić information content (AvgIpc) is 2.50. The summed E-state index contributed by atoms with van der Waals surface area (Å²) in [5.74, 6) is -2.75. The number of ether oxygens (including phenoxy) is 1. The van der Waals surface area contributed by atoms with Gasteiger partial charge in [-0.25, -0.2) is 4.79 Å². The Morgan fingerprint density at radius 3 is 1.92 bits per heavy atom. The first-order chi connectivity index (χ1) is 11.0. The molecule has 6 nitrogen and oxygen atoms in total. The number of esters is 2. The molecule has 0 aromatic heterocycles. The Hall–Kier alpha value is 0.206. The van der Waals surface area contributed by atoms with Gasteiger partial charge in [0.25, 0.3) is 0 Å². The molecule has 0 aromatic rings. The van der Waals surface area contributed by atoms with Crippen LogP contribution in [0.15, 0.2) is 0 Å². The zero-order valence-electron chi connectivity index (χ0n) is 15.2. The fourth-order valence-corrected chi connectivity index (χ4v) is 2.21. The number of nitrogens with two attached hydrogens (primary N) is 1. The van der Waals surface area contributed by atoms with Crippen molar-refractivity contribution >= 4 is 17.9 Å². The van der Waals surface area contributed by atoms with Crippen LogP contribution in [0.4, 0.5) is 0 Å². The Labute approximate surface area is 187 Å². The van der Waals surface area contributed by atoms with E-state index in [0.29, 0.717) is 6.42 Å². The molecule has 0 saturated carbocycles. The van der Waals surface area contributed by atoms with Crippen LogP contribution >= 0.6 is 0 Å². The minimum Gasteiger partial charge on any atom is -0.550 e. The Kier molecular flexibility index (Phi) is 19.8. The summed E-state index contributed by atoms with van der Waals surface area (Å²) in [6.07, 6.45) is 9.99. The summed E-state index contributed by atoms with van der Waals surface area (Å²) in [5, 5.41) is 10.3. The molecule has 0 heterocycles. The average molecular weight is 368 g/mol. The molecule has 0 aliphatic carbocycles. The monoisotopic (exact) mass is 367 g/mol. The first kappa shape index (κ1) is 26.4. The first-order valence-corrected chi connectivity index (χ1v) is 8.67. The molecule has 24 heavy (non-hydrogen) atoms. The number of carboxylic acid groups (broad SMARTS) is 1. The van der Waals surface area contributed by atoms with Gasteiger partial charge in [-0.15, -0.1) is 0 Å². The van der Waals surface area contributed by atoms with Gasteiger partial charge < -0.3 is 20.4 Å². The van der Waals surface area contributed by atoms with Gasteiger partial charge in [0.15, 0.2) is 0 Å². The number of carbonyl (C=O) groups is 3. The molecule has 0 fully saturated rings. The molecule has 0 bridgehead atoms. The summed E-state index contributed by atoms with van der Waals surface area (Å²) in [4.78, 5) is 33.2. The molecule has 0 saturated heterocycles. The molecule has 2 N–H and O–H groups in total. The summed E-state index contributed by atoms with van der Waals surface area (Å²) in [7, 11) is 0. The number of hydrogen-bond acceptors (Lipinski definition) is 6. The van der Waals surface area contributed by atoms with E-state index in [-0.39, 0.29) is 70.6 Å². The van der Waals surface area contributed by atoms with Crippen molar-refractivity contribution < 1.29 is 75.6 Å². The van der Waals surface area contributed by atoms with Crippen LogP contribution in [0.25, 0.3) is 0 Å². The van der Waals surface area contributed by atoms with Crippen molar-refractivity contribution in [1.82, 2.24) is 0 Å². The predicted molar refractivity (Wildman–Crippen MR) is 85.2 cm³/mol. The Balaban J connectivity index is 0. The fourth-order valence-electron chi connectivity index (χ4n) is 2.21. The van der Waals surface area contributed by atoms with Crippen LogP contribution in [-0.2, 0) is 19.1 Å². The van der Waals surface area contributed by atoms with Gasteiger partial charge in [-0.2, -0.15) is 0 Å². The molecule has 0 unspecified atom stereocenters. The second-order valence-electron chi connectivity index (χ2n) is 5.89. The molecule has 0 aromatic carbocycles. The third-order valence-electron chi connectivity index (χ3n) is 3.66. The zero-order valence-corrected chi connectivity index (χ0v) is 18.3. The number of carbonyl (C=O) groups excluding carboxylic acids is 3. The molecule has 0 radical (unpaired) electrons. The van der Waals surface area contributed by atoms with Crippen LogP contribution in [0.3, 0.4) is 0 Å². The van der Waals surface area contributed by atoms with E-state index in [4.69, 9.17) is 5.73 Å². The molecule has 134 valence electrons. The van der Waals surface area contributed by atoms with E-state index in [1.54, 1.807) is 0 Å². The van der Waals surface area contributed by atoms with Gasteiger partial charge in [0, 0.05) is 12.4 Å².